The number of rotatable bonds is 5. The minimum atomic E-state index is -0.590. The van der Waals surface area contributed by atoms with E-state index in [4.69, 9.17) is 11.6 Å². The van der Waals surface area contributed by atoms with Crippen molar-refractivity contribution in [3.8, 4) is 0 Å². The number of carbonyl (C=O) groups is 1. The van der Waals surface area contributed by atoms with Crippen LogP contribution in [0.4, 0.5) is 5.69 Å². The monoisotopic (exact) mass is 241 g/mol. The minimum absolute atomic E-state index is 0.0463. The zero-order valence-corrected chi connectivity index (χ0v) is 9.61. The highest BCUT2D eigenvalue weighted by Gasteiger charge is 2.25. The summed E-state index contributed by atoms with van der Waals surface area (Å²) in [7, 11) is 0. The maximum Gasteiger partial charge on any atom is 0.273 e. The van der Waals surface area contributed by atoms with Gasteiger partial charge >= 0.3 is 0 Å². The summed E-state index contributed by atoms with van der Waals surface area (Å²) < 4.78 is 0. The van der Waals surface area contributed by atoms with E-state index in [0.29, 0.717) is 12.0 Å². The van der Waals surface area contributed by atoms with E-state index in [9.17, 15) is 14.9 Å². The van der Waals surface area contributed by atoms with Crippen LogP contribution in [0.25, 0.3) is 0 Å². The molecule has 0 aromatic heterocycles. The van der Waals surface area contributed by atoms with Crippen LogP contribution in [0.3, 0.4) is 0 Å². The Morgan fingerprint density at radius 3 is 2.62 bits per heavy atom. The molecule has 1 atom stereocenters. The normalized spacial score (nSPS) is 12.1. The maximum atomic E-state index is 11.3. The number of nitro groups is 1. The molecule has 1 unspecified atom stereocenters. The fraction of sp³-hybridized carbons (Fsp3) is 0.364. The third-order valence-corrected chi connectivity index (χ3v) is 2.62. The van der Waals surface area contributed by atoms with Gasteiger partial charge in [0.05, 0.1) is 10.8 Å². The third-order valence-electron chi connectivity index (χ3n) is 2.36. The highest BCUT2D eigenvalue weighted by molar-refractivity contribution is 6.64. The number of para-hydroxylation sites is 1. The molecular formula is C11H12ClNO3. The summed E-state index contributed by atoms with van der Waals surface area (Å²) in [5.41, 5.74) is 0.351. The number of nitro benzene ring substituents is 1. The quantitative estimate of drug-likeness (QED) is 0.452. The summed E-state index contributed by atoms with van der Waals surface area (Å²) in [5, 5.41) is 10.3. The molecule has 0 bridgehead atoms. The molecule has 16 heavy (non-hydrogen) atoms. The van der Waals surface area contributed by atoms with Gasteiger partial charge in [-0.3, -0.25) is 14.9 Å². The van der Waals surface area contributed by atoms with E-state index in [1.54, 1.807) is 18.2 Å². The van der Waals surface area contributed by atoms with Gasteiger partial charge in [-0.05, 0) is 18.0 Å². The van der Waals surface area contributed by atoms with Crippen molar-refractivity contribution in [2.45, 2.75) is 25.7 Å². The fourth-order valence-electron chi connectivity index (χ4n) is 1.63. The number of hydrogen-bond donors (Lipinski definition) is 0. The summed E-state index contributed by atoms with van der Waals surface area (Å²) in [6, 6.07) is 6.21. The predicted molar refractivity (Wildman–Crippen MR) is 61.6 cm³/mol. The Hall–Kier alpha value is -1.42. The molecule has 0 saturated heterocycles. The third kappa shape index (κ3) is 2.79. The van der Waals surface area contributed by atoms with Gasteiger partial charge < -0.3 is 0 Å². The van der Waals surface area contributed by atoms with E-state index in [-0.39, 0.29) is 5.69 Å². The molecule has 1 aromatic carbocycles. The Kier molecular flexibility index (Phi) is 4.43. The Morgan fingerprint density at radius 1 is 1.50 bits per heavy atom. The molecule has 0 amide bonds. The summed E-state index contributed by atoms with van der Waals surface area (Å²) in [6.07, 6.45) is 1.27. The Balaban J connectivity index is 3.17. The summed E-state index contributed by atoms with van der Waals surface area (Å²) in [4.78, 5) is 21.6. The number of carbonyl (C=O) groups excluding carboxylic acids is 1. The van der Waals surface area contributed by atoms with Gasteiger partial charge in [0.1, 0.15) is 0 Å². The van der Waals surface area contributed by atoms with Crippen molar-refractivity contribution in [1.82, 2.24) is 0 Å². The molecule has 0 saturated carbocycles. The fourth-order valence-corrected chi connectivity index (χ4v) is 1.86. The maximum absolute atomic E-state index is 11.3. The van der Waals surface area contributed by atoms with E-state index >= 15 is 0 Å². The lowest BCUT2D eigenvalue weighted by Crippen LogP contribution is -2.09. The van der Waals surface area contributed by atoms with Crippen LogP contribution in [0.2, 0.25) is 0 Å². The zero-order chi connectivity index (χ0) is 12.1. The molecule has 0 fully saturated rings. The topological polar surface area (TPSA) is 60.2 Å². The largest absolute Gasteiger partial charge is 0.281 e. The molecule has 0 spiro atoms. The van der Waals surface area contributed by atoms with Crippen molar-refractivity contribution in [3.05, 3.63) is 39.9 Å². The predicted octanol–water partition coefficient (Wildman–Crippen LogP) is 3.24. The van der Waals surface area contributed by atoms with Crippen LogP contribution in [0.5, 0.6) is 0 Å². The first-order valence-corrected chi connectivity index (χ1v) is 5.38. The minimum Gasteiger partial charge on any atom is -0.281 e. The van der Waals surface area contributed by atoms with Crippen molar-refractivity contribution in [2.24, 2.45) is 0 Å². The lowest BCUT2D eigenvalue weighted by Gasteiger charge is -2.11. The molecule has 1 rings (SSSR count). The van der Waals surface area contributed by atoms with E-state index < -0.39 is 16.1 Å². The highest BCUT2D eigenvalue weighted by atomic mass is 35.5. The molecule has 0 N–H and O–H groups in total. The van der Waals surface area contributed by atoms with Gasteiger partial charge in [-0.2, -0.15) is 0 Å². The first-order chi connectivity index (χ1) is 7.57. The van der Waals surface area contributed by atoms with Gasteiger partial charge in [0.2, 0.25) is 5.24 Å². The summed E-state index contributed by atoms with van der Waals surface area (Å²) in [6.45, 7) is 1.90. The SMILES string of the molecule is CCCC(C(=O)Cl)c1ccccc1[N+](=O)[O-]. The molecule has 0 heterocycles. The lowest BCUT2D eigenvalue weighted by molar-refractivity contribution is -0.385. The molecule has 86 valence electrons. The van der Waals surface area contributed by atoms with Gasteiger partial charge in [0, 0.05) is 11.6 Å². The number of nitrogens with zero attached hydrogens (tertiary/aromatic N) is 1. The molecular weight excluding hydrogens is 230 g/mol. The zero-order valence-electron chi connectivity index (χ0n) is 8.85. The van der Waals surface area contributed by atoms with Gasteiger partial charge in [0.15, 0.2) is 0 Å². The van der Waals surface area contributed by atoms with Crippen molar-refractivity contribution in [3.63, 3.8) is 0 Å². The van der Waals surface area contributed by atoms with E-state index in [0.717, 1.165) is 6.42 Å². The first-order valence-electron chi connectivity index (χ1n) is 5.00. The van der Waals surface area contributed by atoms with Gasteiger partial charge in [-0.25, -0.2) is 0 Å². The summed E-state index contributed by atoms with van der Waals surface area (Å²) in [5.74, 6) is -0.590. The Bertz CT molecular complexity index is 406. The average Bonchev–Trinajstić information content (AvgIpc) is 2.25. The van der Waals surface area contributed by atoms with Gasteiger partial charge in [0.25, 0.3) is 5.69 Å². The molecule has 0 aliphatic carbocycles. The van der Waals surface area contributed by atoms with Crippen LogP contribution in [0.15, 0.2) is 24.3 Å². The first kappa shape index (κ1) is 12.6. The van der Waals surface area contributed by atoms with Crippen LogP contribution in [-0.2, 0) is 4.79 Å². The molecule has 5 heteroatoms. The van der Waals surface area contributed by atoms with E-state index in [1.807, 2.05) is 6.92 Å². The lowest BCUT2D eigenvalue weighted by atomic mass is 9.94. The van der Waals surface area contributed by atoms with Gasteiger partial charge in [-0.1, -0.05) is 31.5 Å². The molecule has 0 aliphatic heterocycles. The van der Waals surface area contributed by atoms with Crippen LogP contribution in [0.1, 0.15) is 31.2 Å². The standard InChI is InChI=1S/C11H12ClNO3/c1-2-5-9(11(12)14)8-6-3-4-7-10(8)13(15)16/h3-4,6-7,9H,2,5H2,1H3. The smallest absolute Gasteiger partial charge is 0.273 e. The summed E-state index contributed by atoms with van der Waals surface area (Å²) >= 11 is 5.47. The van der Waals surface area contributed by atoms with Crippen LogP contribution in [0, 0.1) is 10.1 Å². The van der Waals surface area contributed by atoms with Crippen molar-refractivity contribution in [1.29, 1.82) is 0 Å². The molecule has 1 aromatic rings. The van der Waals surface area contributed by atoms with Crippen LogP contribution < -0.4 is 0 Å². The second-order valence-electron chi connectivity index (χ2n) is 3.46. The molecule has 0 radical (unpaired) electrons. The molecule has 4 nitrogen and oxygen atoms in total. The number of benzene rings is 1. The van der Waals surface area contributed by atoms with Crippen LogP contribution >= 0.6 is 11.6 Å². The Labute approximate surface area is 98.4 Å². The van der Waals surface area contributed by atoms with Gasteiger partial charge in [-0.15, -0.1) is 0 Å². The van der Waals surface area contributed by atoms with E-state index in [2.05, 4.69) is 0 Å². The highest BCUT2D eigenvalue weighted by Crippen LogP contribution is 2.31. The van der Waals surface area contributed by atoms with E-state index in [1.165, 1.54) is 6.07 Å². The second-order valence-corrected chi connectivity index (χ2v) is 3.83. The number of halogens is 1. The Morgan fingerprint density at radius 2 is 2.12 bits per heavy atom. The molecule has 0 aliphatic rings. The van der Waals surface area contributed by atoms with Crippen LogP contribution in [-0.4, -0.2) is 10.2 Å². The van der Waals surface area contributed by atoms with Crippen molar-refractivity contribution in [2.75, 3.05) is 0 Å². The second kappa shape index (κ2) is 5.61. The average molecular weight is 242 g/mol. The van der Waals surface area contributed by atoms with Crippen molar-refractivity contribution < 1.29 is 9.72 Å². The van der Waals surface area contributed by atoms with Crippen molar-refractivity contribution >= 4 is 22.5 Å². The number of hydrogen-bond acceptors (Lipinski definition) is 3.